The molecule has 0 unspecified atom stereocenters. The van der Waals surface area contributed by atoms with Gasteiger partial charge in [0.1, 0.15) is 5.67 Å². The normalized spacial score (nSPS) is 42.4. The van der Waals surface area contributed by atoms with Crippen LogP contribution < -0.4 is 0 Å². The molecule has 2 nitrogen and oxygen atoms in total. The van der Waals surface area contributed by atoms with Crippen molar-refractivity contribution in [3.63, 3.8) is 0 Å². The van der Waals surface area contributed by atoms with Crippen molar-refractivity contribution in [1.29, 1.82) is 0 Å². The number of hydrogen-bond donors (Lipinski definition) is 1. The second-order valence-electron chi connectivity index (χ2n) is 13.3. The van der Waals surface area contributed by atoms with Crippen LogP contribution in [-0.2, 0) is 4.79 Å². The second-order valence-corrected chi connectivity index (χ2v) is 13.3. The van der Waals surface area contributed by atoms with E-state index in [1.165, 1.54) is 44.9 Å². The molecule has 4 aliphatic rings. The monoisotopic (exact) mass is 446 g/mol. The Morgan fingerprint density at radius 1 is 1.19 bits per heavy atom. The van der Waals surface area contributed by atoms with E-state index in [4.69, 9.17) is 0 Å². The summed E-state index contributed by atoms with van der Waals surface area (Å²) in [6.45, 7) is 11.0. The van der Waals surface area contributed by atoms with Gasteiger partial charge in [0, 0.05) is 6.42 Å². The topological polar surface area (TPSA) is 37.3 Å². The van der Waals surface area contributed by atoms with Crippen LogP contribution in [0.15, 0.2) is 11.6 Å². The van der Waals surface area contributed by atoms with Gasteiger partial charge in [-0.25, -0.2) is 4.39 Å². The van der Waals surface area contributed by atoms with Gasteiger partial charge in [0.25, 0.3) is 0 Å². The fourth-order valence-corrected chi connectivity index (χ4v) is 9.18. The highest BCUT2D eigenvalue weighted by atomic mass is 19.1. The molecule has 0 aromatic heterocycles. The van der Waals surface area contributed by atoms with Crippen LogP contribution in [0.4, 0.5) is 4.39 Å². The average Bonchev–Trinajstić information content (AvgIpc) is 3.04. The summed E-state index contributed by atoms with van der Waals surface area (Å²) in [4.78, 5) is 11.3. The molecule has 8 atom stereocenters. The molecule has 1 N–H and O–H groups in total. The first-order valence-electron chi connectivity index (χ1n) is 13.5. The molecule has 0 aromatic carbocycles. The van der Waals surface area contributed by atoms with Gasteiger partial charge in [-0.15, -0.1) is 0 Å². The molecule has 0 amide bonds. The molecule has 0 spiro atoms. The van der Waals surface area contributed by atoms with Gasteiger partial charge in [0.15, 0.2) is 0 Å². The summed E-state index contributed by atoms with van der Waals surface area (Å²) >= 11 is 0. The van der Waals surface area contributed by atoms with Gasteiger partial charge in [-0.1, -0.05) is 45.3 Å². The van der Waals surface area contributed by atoms with Crippen LogP contribution in [0, 0.1) is 46.3 Å². The third-order valence-electron chi connectivity index (χ3n) is 10.9. The van der Waals surface area contributed by atoms with Gasteiger partial charge in [-0.05, 0) is 118 Å². The van der Waals surface area contributed by atoms with Crippen molar-refractivity contribution < 1.29 is 14.3 Å². The maximum atomic E-state index is 14.0. The summed E-state index contributed by atoms with van der Waals surface area (Å²) < 4.78 is 14.0. The Morgan fingerprint density at radius 2 is 1.94 bits per heavy atom. The van der Waals surface area contributed by atoms with Crippen LogP contribution in [0.5, 0.6) is 0 Å². The number of allylic oxidation sites excluding steroid dienone is 2. The van der Waals surface area contributed by atoms with Crippen molar-refractivity contribution in [2.24, 2.45) is 46.3 Å². The zero-order valence-electron chi connectivity index (χ0n) is 21.3. The number of aliphatic carboxylic acids is 1. The SMILES string of the molecule is C[C@H](CCCC(C)(C)F)[C@H]1CC[C@H]2[C@@H]3CC=C4C[C@@H](CC(=O)O)CC[C@]4(C)[C@H]3CC[C@]12C. The van der Waals surface area contributed by atoms with E-state index in [0.29, 0.717) is 35.5 Å². The third-order valence-corrected chi connectivity index (χ3v) is 10.9. The molecule has 3 heteroatoms. The lowest BCUT2D eigenvalue weighted by Crippen LogP contribution is -2.50. The lowest BCUT2D eigenvalue weighted by atomic mass is 9.46. The molecule has 0 bridgehead atoms. The van der Waals surface area contributed by atoms with Gasteiger partial charge >= 0.3 is 5.97 Å². The van der Waals surface area contributed by atoms with E-state index in [-0.39, 0.29) is 0 Å². The number of hydrogen-bond acceptors (Lipinski definition) is 1. The Kier molecular flexibility index (Phi) is 6.62. The zero-order valence-corrected chi connectivity index (χ0v) is 21.3. The molecule has 32 heavy (non-hydrogen) atoms. The highest BCUT2D eigenvalue weighted by Gasteiger charge is 2.59. The van der Waals surface area contributed by atoms with Gasteiger partial charge in [-0.3, -0.25) is 4.79 Å². The van der Waals surface area contributed by atoms with Crippen molar-refractivity contribution in [2.45, 2.75) is 117 Å². The number of halogens is 1. The van der Waals surface area contributed by atoms with Gasteiger partial charge < -0.3 is 5.11 Å². The maximum Gasteiger partial charge on any atom is 0.303 e. The molecule has 0 aliphatic heterocycles. The summed E-state index contributed by atoms with van der Waals surface area (Å²) in [5.41, 5.74) is 1.31. The number of carboxylic acid groups (broad SMARTS) is 1. The second kappa shape index (κ2) is 8.73. The van der Waals surface area contributed by atoms with E-state index in [0.717, 1.165) is 42.9 Å². The lowest BCUT2D eigenvalue weighted by molar-refractivity contribution is -0.138. The molecule has 4 aliphatic carbocycles. The predicted molar refractivity (Wildman–Crippen MR) is 129 cm³/mol. The average molecular weight is 447 g/mol. The molecule has 3 fully saturated rings. The summed E-state index contributed by atoms with van der Waals surface area (Å²) in [5, 5.41) is 9.27. The first kappa shape index (κ1) is 24.3. The van der Waals surface area contributed by atoms with Crippen LogP contribution in [0.3, 0.4) is 0 Å². The summed E-state index contributed by atoms with van der Waals surface area (Å²) in [6.07, 6.45) is 15.7. The Balaban J connectivity index is 1.45. The Labute approximate surface area is 195 Å². The summed E-state index contributed by atoms with van der Waals surface area (Å²) in [6, 6.07) is 0. The van der Waals surface area contributed by atoms with Crippen molar-refractivity contribution >= 4 is 5.97 Å². The molecule has 0 radical (unpaired) electrons. The number of rotatable bonds is 7. The minimum Gasteiger partial charge on any atom is -0.481 e. The van der Waals surface area contributed by atoms with Crippen molar-refractivity contribution in [1.82, 2.24) is 0 Å². The quantitative estimate of drug-likeness (QED) is 0.400. The van der Waals surface area contributed by atoms with Crippen molar-refractivity contribution in [3.05, 3.63) is 11.6 Å². The highest BCUT2D eigenvalue weighted by Crippen LogP contribution is 2.67. The van der Waals surface area contributed by atoms with E-state index in [1.54, 1.807) is 19.4 Å². The molecule has 0 aromatic rings. The number of alkyl halides is 1. The number of fused-ring (bicyclic) bond motifs is 5. The van der Waals surface area contributed by atoms with Crippen LogP contribution in [0.1, 0.15) is 112 Å². The van der Waals surface area contributed by atoms with E-state index in [2.05, 4.69) is 26.8 Å². The Hall–Kier alpha value is -0.860. The molecule has 182 valence electrons. The van der Waals surface area contributed by atoms with Gasteiger partial charge in [0.05, 0.1) is 0 Å². The Morgan fingerprint density at radius 3 is 2.62 bits per heavy atom. The van der Waals surface area contributed by atoms with E-state index in [1.807, 2.05) is 0 Å². The minimum atomic E-state index is -1.04. The van der Waals surface area contributed by atoms with E-state index < -0.39 is 11.6 Å². The van der Waals surface area contributed by atoms with Crippen LogP contribution in [-0.4, -0.2) is 16.7 Å². The molecule has 3 saturated carbocycles. The largest absolute Gasteiger partial charge is 0.481 e. The van der Waals surface area contributed by atoms with Crippen molar-refractivity contribution in [3.8, 4) is 0 Å². The first-order chi connectivity index (χ1) is 14.9. The molecule has 0 saturated heterocycles. The van der Waals surface area contributed by atoms with Crippen LogP contribution in [0.25, 0.3) is 0 Å². The zero-order chi connectivity index (χ0) is 23.3. The number of carboxylic acids is 1. The molecular weight excluding hydrogens is 399 g/mol. The molecule has 4 rings (SSSR count). The molecule has 0 heterocycles. The fraction of sp³-hybridized carbons (Fsp3) is 0.897. The number of carbonyl (C=O) groups is 1. The van der Waals surface area contributed by atoms with Crippen LogP contribution >= 0.6 is 0 Å². The third kappa shape index (κ3) is 4.43. The van der Waals surface area contributed by atoms with E-state index in [9.17, 15) is 14.3 Å². The minimum absolute atomic E-state index is 0.301. The Bertz CT molecular complexity index is 736. The highest BCUT2D eigenvalue weighted by molar-refractivity contribution is 5.67. The molecular formula is C29H47FO2. The maximum absolute atomic E-state index is 14.0. The summed E-state index contributed by atoms with van der Waals surface area (Å²) in [5.74, 6) is 3.61. The van der Waals surface area contributed by atoms with Crippen molar-refractivity contribution in [2.75, 3.05) is 0 Å². The smallest absolute Gasteiger partial charge is 0.303 e. The van der Waals surface area contributed by atoms with Crippen LogP contribution in [0.2, 0.25) is 0 Å². The summed E-state index contributed by atoms with van der Waals surface area (Å²) in [7, 11) is 0. The first-order valence-corrected chi connectivity index (χ1v) is 13.5. The predicted octanol–water partition coefficient (Wildman–Crippen LogP) is 8.21. The standard InChI is InChI=1S/C29H47FO2/c1-19(7-6-14-27(2,3)30)23-10-11-24-22-9-8-21-17-20(18-26(31)32)12-15-28(21,4)25(22)13-16-29(23,24)5/h8,19-20,22-25H,6-7,9-18H2,1-5H3,(H,31,32)/t19-,20+,22+,23-,24+,25+,28+,29-/m1/s1. The van der Waals surface area contributed by atoms with E-state index >= 15 is 0 Å². The lowest BCUT2D eigenvalue weighted by Gasteiger charge is -2.58. The van der Waals surface area contributed by atoms with Gasteiger partial charge in [-0.2, -0.15) is 0 Å². The fourth-order valence-electron chi connectivity index (χ4n) is 9.18. The van der Waals surface area contributed by atoms with Gasteiger partial charge in [0.2, 0.25) is 0 Å².